The number of H-pyrrole nitrogens is 1. The fraction of sp³-hybridized carbons (Fsp3) is 0.364. The van der Waals surface area contributed by atoms with E-state index in [1.807, 2.05) is 36.7 Å². The van der Waals surface area contributed by atoms with Gasteiger partial charge >= 0.3 is 0 Å². The Morgan fingerprint density at radius 2 is 2.00 bits per heavy atom. The van der Waals surface area contributed by atoms with Crippen molar-refractivity contribution in [1.82, 2.24) is 15.2 Å². The van der Waals surface area contributed by atoms with Gasteiger partial charge in [0.15, 0.2) is 0 Å². The van der Waals surface area contributed by atoms with Crippen LogP contribution in [0.2, 0.25) is 0 Å². The summed E-state index contributed by atoms with van der Waals surface area (Å²) >= 11 is 1.92. The molecular formula is C22H26FIN4O2. The van der Waals surface area contributed by atoms with E-state index in [2.05, 4.69) is 29.0 Å². The molecule has 0 spiro atoms. The van der Waals surface area contributed by atoms with E-state index in [1.54, 1.807) is 12.1 Å². The molecule has 2 N–H and O–H groups in total. The molecule has 0 fully saturated rings. The van der Waals surface area contributed by atoms with Crippen molar-refractivity contribution in [3.8, 4) is 0 Å². The van der Waals surface area contributed by atoms with Crippen molar-refractivity contribution in [2.45, 2.75) is 27.7 Å². The molecule has 8 heteroatoms. The summed E-state index contributed by atoms with van der Waals surface area (Å²) in [5, 5.41) is 2.98. The van der Waals surface area contributed by atoms with Gasteiger partial charge in [0, 0.05) is 30.0 Å². The number of benzene rings is 1. The summed E-state index contributed by atoms with van der Waals surface area (Å²) in [6.45, 7) is 11.1. The highest BCUT2D eigenvalue weighted by Crippen LogP contribution is 2.40. The van der Waals surface area contributed by atoms with Crippen LogP contribution in [0.15, 0.2) is 18.2 Å². The highest BCUT2D eigenvalue weighted by atomic mass is 127. The highest BCUT2D eigenvalue weighted by molar-refractivity contribution is 14.1. The van der Waals surface area contributed by atoms with Gasteiger partial charge in [-0.3, -0.25) is 9.59 Å². The molecule has 2 heterocycles. The van der Waals surface area contributed by atoms with Gasteiger partial charge < -0.3 is 15.2 Å². The molecule has 0 radical (unpaired) electrons. The Bertz CT molecular complexity index is 1010. The van der Waals surface area contributed by atoms with Crippen LogP contribution in [0.25, 0.3) is 11.6 Å². The molecule has 6 nitrogen and oxygen atoms in total. The number of rotatable bonds is 7. The predicted octanol–water partition coefficient (Wildman–Crippen LogP) is 4.08. The van der Waals surface area contributed by atoms with Crippen LogP contribution in [-0.4, -0.2) is 47.9 Å². The number of carbonyl (C=O) groups excluding carboxylic acids is 2. The second kappa shape index (κ2) is 9.30. The van der Waals surface area contributed by atoms with Gasteiger partial charge in [-0.2, -0.15) is 0 Å². The first-order valence-corrected chi connectivity index (χ1v) is 11.0. The van der Waals surface area contributed by atoms with Crippen molar-refractivity contribution in [3.05, 3.63) is 52.1 Å². The molecule has 160 valence electrons. The van der Waals surface area contributed by atoms with Gasteiger partial charge in [-0.25, -0.2) is 7.50 Å². The molecule has 0 unspecified atom stereocenters. The van der Waals surface area contributed by atoms with Crippen LogP contribution < -0.4 is 8.43 Å². The van der Waals surface area contributed by atoms with Crippen molar-refractivity contribution in [1.29, 1.82) is 0 Å². The number of hydrogen-bond donors (Lipinski definition) is 2. The second-order valence-corrected chi connectivity index (χ2v) is 8.22. The molecule has 2 aromatic rings. The van der Waals surface area contributed by atoms with Crippen LogP contribution in [-0.2, 0) is 4.79 Å². The number of carbonyl (C=O) groups is 2. The van der Waals surface area contributed by atoms with E-state index in [4.69, 9.17) is 0 Å². The quantitative estimate of drug-likeness (QED) is 0.326. The molecule has 2 amide bonds. The van der Waals surface area contributed by atoms with Crippen LogP contribution in [0.3, 0.4) is 0 Å². The molecule has 3 rings (SSSR count). The van der Waals surface area contributed by atoms with Crippen molar-refractivity contribution >= 4 is 52.0 Å². The smallest absolute Gasteiger partial charge is 0.267 e. The Balaban J connectivity index is 1.87. The van der Waals surface area contributed by atoms with Crippen LogP contribution in [0.5, 0.6) is 0 Å². The average Bonchev–Trinajstić information content (AvgIpc) is 3.12. The molecular weight excluding hydrogens is 498 g/mol. The largest absolute Gasteiger partial charge is 0.358 e. The van der Waals surface area contributed by atoms with E-state index in [1.165, 1.54) is 15.2 Å². The Kier molecular flexibility index (Phi) is 6.97. The summed E-state index contributed by atoms with van der Waals surface area (Å²) in [6.07, 6.45) is 1.70. The minimum Gasteiger partial charge on any atom is -0.358 e. The molecule has 0 saturated heterocycles. The molecule has 1 aromatic heterocycles. The number of halogens is 2. The summed E-state index contributed by atoms with van der Waals surface area (Å²) in [5.41, 5.74) is 4.35. The minimum atomic E-state index is -0.396. The van der Waals surface area contributed by atoms with Crippen LogP contribution >= 0.6 is 22.9 Å². The molecule has 0 saturated carbocycles. The number of nitrogens with one attached hydrogen (secondary N) is 2. The third-order valence-corrected chi connectivity index (χ3v) is 6.43. The molecule has 1 aliphatic heterocycles. The van der Waals surface area contributed by atoms with E-state index in [9.17, 15) is 14.0 Å². The van der Waals surface area contributed by atoms with Gasteiger partial charge in [-0.15, -0.1) is 0 Å². The van der Waals surface area contributed by atoms with Gasteiger partial charge in [-0.05, 0) is 56.8 Å². The summed E-state index contributed by atoms with van der Waals surface area (Å²) in [5.74, 6) is -0.752. The number of aryl methyl sites for hydroxylation is 1. The first-order valence-electron chi connectivity index (χ1n) is 10.00. The van der Waals surface area contributed by atoms with Crippen LogP contribution in [0.1, 0.15) is 46.7 Å². The summed E-state index contributed by atoms with van der Waals surface area (Å²) in [4.78, 5) is 30.9. The number of fused-ring (bicyclic) bond motifs is 1. The monoisotopic (exact) mass is 524 g/mol. The number of amides is 2. The fourth-order valence-electron chi connectivity index (χ4n) is 3.72. The Hall–Kier alpha value is -2.20. The average molecular weight is 524 g/mol. The van der Waals surface area contributed by atoms with Gasteiger partial charge in [0.2, 0.25) is 0 Å². The van der Waals surface area contributed by atoms with E-state index >= 15 is 0 Å². The maximum atomic E-state index is 13.8. The lowest BCUT2D eigenvalue weighted by atomic mass is 10.0. The van der Waals surface area contributed by atoms with Crippen molar-refractivity contribution in [2.24, 2.45) is 0 Å². The predicted molar refractivity (Wildman–Crippen MR) is 126 cm³/mol. The van der Waals surface area contributed by atoms with Crippen LogP contribution in [0, 0.1) is 19.7 Å². The van der Waals surface area contributed by atoms with Crippen molar-refractivity contribution in [3.63, 3.8) is 0 Å². The molecule has 1 aromatic carbocycles. The maximum Gasteiger partial charge on any atom is 0.267 e. The van der Waals surface area contributed by atoms with Gasteiger partial charge in [0.25, 0.3) is 11.8 Å². The number of aromatic amines is 1. The summed E-state index contributed by atoms with van der Waals surface area (Å²) in [7, 11) is 0. The standard InChI is InChI=1S/C22H26FIN4O2/c1-5-27(6-2)10-9-25-21(29)20-13(3)18(26-14(20)4)12-17-16-11-15(23)7-8-19(16)28(24)22(17)30/h7-8,11-12,26H,5-6,9-10H2,1-4H3,(H,25,29)/b17-12-. The lowest BCUT2D eigenvalue weighted by molar-refractivity contribution is -0.111. The highest BCUT2D eigenvalue weighted by Gasteiger charge is 2.32. The Morgan fingerprint density at radius 3 is 2.67 bits per heavy atom. The van der Waals surface area contributed by atoms with Gasteiger partial charge in [-0.1, -0.05) is 13.8 Å². The third kappa shape index (κ3) is 4.29. The second-order valence-electron chi connectivity index (χ2n) is 7.25. The van der Waals surface area contributed by atoms with Crippen molar-refractivity contribution in [2.75, 3.05) is 29.3 Å². The zero-order valence-electron chi connectivity index (χ0n) is 17.6. The number of hydrogen-bond acceptors (Lipinski definition) is 3. The first kappa shape index (κ1) is 22.5. The Morgan fingerprint density at radius 1 is 1.30 bits per heavy atom. The number of anilines is 1. The fourth-order valence-corrected chi connectivity index (χ4v) is 4.40. The van der Waals surface area contributed by atoms with Crippen LogP contribution in [0.4, 0.5) is 10.1 Å². The molecule has 30 heavy (non-hydrogen) atoms. The SMILES string of the molecule is CCN(CC)CCNC(=O)c1c(C)[nH]c(/C=C2\C(=O)N(I)c3ccc(F)cc32)c1C. The maximum absolute atomic E-state index is 13.8. The summed E-state index contributed by atoms with van der Waals surface area (Å²) < 4.78 is 15.3. The first-order chi connectivity index (χ1) is 14.3. The number of likely N-dealkylation sites (N-methyl/N-ethyl adjacent to an activating group) is 1. The van der Waals surface area contributed by atoms with E-state index in [0.29, 0.717) is 34.6 Å². The Labute approximate surface area is 190 Å². The number of nitrogens with zero attached hydrogens (tertiary/aromatic N) is 2. The molecule has 0 aliphatic carbocycles. The van der Waals surface area contributed by atoms with Gasteiger partial charge in [0.1, 0.15) is 5.82 Å². The topological polar surface area (TPSA) is 68.4 Å². The van der Waals surface area contributed by atoms with Crippen molar-refractivity contribution < 1.29 is 14.0 Å². The summed E-state index contributed by atoms with van der Waals surface area (Å²) in [6, 6.07) is 4.30. The minimum absolute atomic E-state index is 0.141. The molecule has 0 bridgehead atoms. The lowest BCUT2D eigenvalue weighted by Gasteiger charge is -2.18. The van der Waals surface area contributed by atoms with E-state index in [-0.39, 0.29) is 11.8 Å². The van der Waals surface area contributed by atoms with E-state index < -0.39 is 5.82 Å². The molecule has 1 aliphatic rings. The lowest BCUT2D eigenvalue weighted by Crippen LogP contribution is -2.35. The van der Waals surface area contributed by atoms with Gasteiger partial charge in [0.05, 0.1) is 39.7 Å². The zero-order chi connectivity index (χ0) is 22.0. The normalized spacial score (nSPS) is 14.7. The zero-order valence-corrected chi connectivity index (χ0v) is 19.8. The number of aromatic nitrogens is 1. The molecule has 0 atom stereocenters. The third-order valence-electron chi connectivity index (χ3n) is 5.47. The van der Waals surface area contributed by atoms with E-state index in [0.717, 1.165) is 30.9 Å².